The number of phenolic OH excluding ortho intramolecular Hbond substituents is 1. The molecule has 1 aromatic carbocycles. The molecule has 0 saturated heterocycles. The fraction of sp³-hybridized carbons (Fsp3) is 0.400. The highest BCUT2D eigenvalue weighted by molar-refractivity contribution is 5.82. The topological polar surface area (TPSA) is 66.6 Å². The summed E-state index contributed by atoms with van der Waals surface area (Å²) in [5, 5.41) is 9.22. The predicted molar refractivity (Wildman–Crippen MR) is 74.7 cm³/mol. The van der Waals surface area contributed by atoms with Crippen LogP contribution in [-0.4, -0.2) is 35.0 Å². The number of rotatable bonds is 3. The summed E-state index contributed by atoms with van der Waals surface area (Å²) in [6.45, 7) is 3.46. The molecule has 1 atom stereocenters. The van der Waals surface area contributed by atoms with E-state index in [0.29, 0.717) is 13.0 Å². The number of nitrogens with two attached hydrogens (primary N) is 1. The van der Waals surface area contributed by atoms with Gasteiger partial charge in [0.15, 0.2) is 0 Å². The van der Waals surface area contributed by atoms with Gasteiger partial charge in [0, 0.05) is 13.1 Å². The first-order valence-electron chi connectivity index (χ1n) is 6.54. The van der Waals surface area contributed by atoms with E-state index in [0.717, 1.165) is 18.5 Å². The molecule has 1 heterocycles. The van der Waals surface area contributed by atoms with Crippen LogP contribution in [0.5, 0.6) is 5.75 Å². The molecule has 19 heavy (non-hydrogen) atoms. The molecule has 0 aliphatic carbocycles. The van der Waals surface area contributed by atoms with Crippen LogP contribution >= 0.6 is 0 Å². The van der Waals surface area contributed by atoms with Crippen LogP contribution in [0.1, 0.15) is 18.9 Å². The summed E-state index contributed by atoms with van der Waals surface area (Å²) in [7, 11) is 0. The number of carbonyl (C=O) groups is 1. The van der Waals surface area contributed by atoms with E-state index in [1.54, 1.807) is 24.3 Å². The molecule has 0 aromatic heterocycles. The predicted octanol–water partition coefficient (Wildman–Crippen LogP) is 1.44. The van der Waals surface area contributed by atoms with Gasteiger partial charge in [0.25, 0.3) is 0 Å². The molecule has 102 valence electrons. The van der Waals surface area contributed by atoms with Gasteiger partial charge in [-0.05, 0) is 37.5 Å². The first-order valence-corrected chi connectivity index (χ1v) is 6.54. The van der Waals surface area contributed by atoms with E-state index >= 15 is 0 Å². The van der Waals surface area contributed by atoms with Crippen LogP contribution in [0.25, 0.3) is 0 Å². The van der Waals surface area contributed by atoms with Crippen LogP contribution < -0.4 is 5.73 Å². The van der Waals surface area contributed by atoms with Gasteiger partial charge in [0.1, 0.15) is 5.75 Å². The number of hydrogen-bond acceptors (Lipinski definition) is 3. The van der Waals surface area contributed by atoms with Gasteiger partial charge in [-0.1, -0.05) is 23.8 Å². The van der Waals surface area contributed by atoms with Crippen molar-refractivity contribution in [1.82, 2.24) is 4.90 Å². The first-order chi connectivity index (χ1) is 9.06. The maximum atomic E-state index is 12.2. The van der Waals surface area contributed by atoms with E-state index in [1.165, 1.54) is 5.57 Å². The maximum Gasteiger partial charge on any atom is 0.240 e. The number of nitrogens with zero attached hydrogens (tertiary/aromatic N) is 1. The molecule has 0 spiro atoms. The summed E-state index contributed by atoms with van der Waals surface area (Å²) >= 11 is 0. The minimum absolute atomic E-state index is 0.000486. The molecule has 4 nitrogen and oxygen atoms in total. The van der Waals surface area contributed by atoms with Crippen LogP contribution in [0.3, 0.4) is 0 Å². The number of benzene rings is 1. The quantitative estimate of drug-likeness (QED) is 0.808. The third-order valence-electron chi connectivity index (χ3n) is 3.35. The third-order valence-corrected chi connectivity index (χ3v) is 3.35. The van der Waals surface area contributed by atoms with Crippen molar-refractivity contribution in [3.8, 4) is 5.75 Å². The monoisotopic (exact) mass is 260 g/mol. The van der Waals surface area contributed by atoms with Crippen molar-refractivity contribution < 1.29 is 9.90 Å². The lowest BCUT2D eigenvalue weighted by atomic mass is 10.0. The van der Waals surface area contributed by atoms with E-state index in [-0.39, 0.29) is 11.7 Å². The minimum Gasteiger partial charge on any atom is -0.508 e. The van der Waals surface area contributed by atoms with Crippen molar-refractivity contribution in [2.75, 3.05) is 13.1 Å². The van der Waals surface area contributed by atoms with E-state index in [4.69, 9.17) is 5.73 Å². The van der Waals surface area contributed by atoms with Gasteiger partial charge in [-0.25, -0.2) is 0 Å². The largest absolute Gasteiger partial charge is 0.508 e. The SMILES string of the molecule is CC1=CCCN(C(=O)[C@H](N)Cc2ccc(O)cc2)C1. The molecule has 0 radical (unpaired) electrons. The van der Waals surface area contributed by atoms with E-state index in [2.05, 4.69) is 6.08 Å². The number of carbonyl (C=O) groups excluding carboxylic acids is 1. The number of phenols is 1. The van der Waals surface area contributed by atoms with Crippen LogP contribution in [0.15, 0.2) is 35.9 Å². The molecule has 1 aromatic rings. The Bertz CT molecular complexity index is 479. The second-order valence-electron chi connectivity index (χ2n) is 5.08. The highest BCUT2D eigenvalue weighted by atomic mass is 16.3. The Morgan fingerprint density at radius 1 is 1.42 bits per heavy atom. The minimum atomic E-state index is -0.518. The average molecular weight is 260 g/mol. The molecule has 2 rings (SSSR count). The second kappa shape index (κ2) is 5.89. The van der Waals surface area contributed by atoms with Crippen LogP contribution in [0.4, 0.5) is 0 Å². The van der Waals surface area contributed by atoms with Crippen molar-refractivity contribution in [3.63, 3.8) is 0 Å². The van der Waals surface area contributed by atoms with Gasteiger partial charge in [0.05, 0.1) is 6.04 Å². The number of aromatic hydroxyl groups is 1. The second-order valence-corrected chi connectivity index (χ2v) is 5.08. The lowest BCUT2D eigenvalue weighted by molar-refractivity contribution is -0.132. The van der Waals surface area contributed by atoms with Crippen molar-refractivity contribution in [1.29, 1.82) is 0 Å². The number of amides is 1. The Morgan fingerprint density at radius 2 is 2.11 bits per heavy atom. The molecular weight excluding hydrogens is 240 g/mol. The molecule has 0 saturated carbocycles. The Labute approximate surface area is 113 Å². The first kappa shape index (κ1) is 13.6. The summed E-state index contributed by atoms with van der Waals surface area (Å²) in [6.07, 6.45) is 3.57. The Hall–Kier alpha value is -1.81. The maximum absolute atomic E-state index is 12.2. The smallest absolute Gasteiger partial charge is 0.240 e. The molecule has 0 unspecified atom stereocenters. The van der Waals surface area contributed by atoms with Gasteiger partial charge < -0.3 is 15.7 Å². The highest BCUT2D eigenvalue weighted by Gasteiger charge is 2.22. The van der Waals surface area contributed by atoms with Gasteiger partial charge in [-0.2, -0.15) is 0 Å². The zero-order chi connectivity index (χ0) is 13.8. The van der Waals surface area contributed by atoms with Crippen LogP contribution in [-0.2, 0) is 11.2 Å². The zero-order valence-electron chi connectivity index (χ0n) is 11.2. The normalized spacial score (nSPS) is 16.9. The summed E-state index contributed by atoms with van der Waals surface area (Å²) in [4.78, 5) is 14.1. The molecule has 0 bridgehead atoms. The van der Waals surface area contributed by atoms with E-state index in [1.807, 2.05) is 11.8 Å². The molecular formula is C15H20N2O2. The molecule has 1 aliphatic rings. The van der Waals surface area contributed by atoms with Gasteiger partial charge in [-0.3, -0.25) is 4.79 Å². The van der Waals surface area contributed by atoms with Gasteiger partial charge >= 0.3 is 0 Å². The Morgan fingerprint density at radius 3 is 2.74 bits per heavy atom. The molecule has 3 N–H and O–H groups in total. The molecule has 0 fully saturated rings. The lowest BCUT2D eigenvalue weighted by Crippen LogP contribution is -2.46. The van der Waals surface area contributed by atoms with Crippen molar-refractivity contribution in [2.45, 2.75) is 25.8 Å². The van der Waals surface area contributed by atoms with Crippen molar-refractivity contribution >= 4 is 5.91 Å². The number of hydrogen-bond donors (Lipinski definition) is 2. The van der Waals surface area contributed by atoms with Crippen LogP contribution in [0, 0.1) is 0 Å². The molecule has 1 amide bonds. The summed E-state index contributed by atoms with van der Waals surface area (Å²) < 4.78 is 0. The lowest BCUT2D eigenvalue weighted by Gasteiger charge is -2.28. The Balaban J connectivity index is 1.95. The summed E-state index contributed by atoms with van der Waals surface area (Å²) in [6, 6.07) is 6.30. The molecule has 4 heteroatoms. The fourth-order valence-corrected chi connectivity index (χ4v) is 2.31. The van der Waals surface area contributed by atoms with E-state index < -0.39 is 6.04 Å². The summed E-state index contributed by atoms with van der Waals surface area (Å²) in [5.41, 5.74) is 8.17. The highest BCUT2D eigenvalue weighted by Crippen LogP contribution is 2.13. The average Bonchev–Trinajstić information content (AvgIpc) is 2.40. The van der Waals surface area contributed by atoms with Gasteiger partial charge in [0.2, 0.25) is 5.91 Å². The van der Waals surface area contributed by atoms with Crippen molar-refractivity contribution in [2.24, 2.45) is 5.73 Å². The zero-order valence-corrected chi connectivity index (χ0v) is 11.2. The standard InChI is InChI=1S/C15H20N2O2/c1-11-3-2-8-17(10-11)15(19)14(16)9-12-4-6-13(18)7-5-12/h3-7,14,18H,2,8-10,16H2,1H3/t14-/m1/s1. The fourth-order valence-electron chi connectivity index (χ4n) is 2.31. The summed E-state index contributed by atoms with van der Waals surface area (Å²) in [5.74, 6) is 0.223. The van der Waals surface area contributed by atoms with Gasteiger partial charge in [-0.15, -0.1) is 0 Å². The van der Waals surface area contributed by atoms with Crippen LogP contribution in [0.2, 0.25) is 0 Å². The molecule has 1 aliphatic heterocycles. The van der Waals surface area contributed by atoms with Crippen molar-refractivity contribution in [3.05, 3.63) is 41.5 Å². The Kier molecular flexibility index (Phi) is 4.22. The third kappa shape index (κ3) is 3.58. The van der Waals surface area contributed by atoms with E-state index in [9.17, 15) is 9.90 Å².